The van der Waals surface area contributed by atoms with Crippen LogP contribution in [0.2, 0.25) is 0 Å². The van der Waals surface area contributed by atoms with Crippen LogP contribution in [-0.4, -0.2) is 11.7 Å². The minimum absolute atomic E-state index is 0.563. The van der Waals surface area contributed by atoms with E-state index in [-0.39, 0.29) is 0 Å². The van der Waals surface area contributed by atoms with Crippen molar-refractivity contribution < 1.29 is 9.84 Å². The van der Waals surface area contributed by atoms with Gasteiger partial charge in [-0.15, -0.1) is 11.3 Å². The van der Waals surface area contributed by atoms with Gasteiger partial charge in [0.15, 0.2) is 0 Å². The first-order chi connectivity index (χ1) is 8.75. The fourth-order valence-corrected chi connectivity index (χ4v) is 3.80. The number of benzene rings is 1. The maximum atomic E-state index is 10.4. The predicted octanol–water partition coefficient (Wildman–Crippen LogP) is 3.92. The quantitative estimate of drug-likeness (QED) is 0.907. The van der Waals surface area contributed by atoms with Crippen LogP contribution < -0.4 is 4.74 Å². The third-order valence-corrected chi connectivity index (χ3v) is 5.06. The highest BCUT2D eigenvalue weighted by Crippen LogP contribution is 2.35. The van der Waals surface area contributed by atoms with Gasteiger partial charge in [-0.25, -0.2) is 0 Å². The molecule has 1 unspecified atom stereocenters. The van der Waals surface area contributed by atoms with Gasteiger partial charge < -0.3 is 9.84 Å². The van der Waals surface area contributed by atoms with E-state index in [0.29, 0.717) is 0 Å². The van der Waals surface area contributed by atoms with Crippen molar-refractivity contribution in [1.29, 1.82) is 0 Å². The van der Waals surface area contributed by atoms with Gasteiger partial charge in [-0.2, -0.15) is 0 Å². The highest BCUT2D eigenvalue weighted by atomic mass is 79.9. The Balaban J connectivity index is 1.95. The Morgan fingerprint density at radius 1 is 1.33 bits per heavy atom. The number of hydrogen-bond donors (Lipinski definition) is 1. The van der Waals surface area contributed by atoms with Crippen LogP contribution in [0.25, 0.3) is 0 Å². The van der Waals surface area contributed by atoms with Gasteiger partial charge in [0.05, 0.1) is 11.5 Å². The van der Waals surface area contributed by atoms with Gasteiger partial charge in [0.2, 0.25) is 0 Å². The van der Waals surface area contributed by atoms with Gasteiger partial charge in [-0.1, -0.05) is 6.07 Å². The first-order valence-electron chi connectivity index (χ1n) is 5.92. The summed E-state index contributed by atoms with van der Waals surface area (Å²) in [6.45, 7) is 0.797. The molecule has 2 nitrogen and oxygen atoms in total. The van der Waals surface area contributed by atoms with E-state index in [1.54, 1.807) is 11.3 Å². The molecular formula is C14H13BrO2S. The first-order valence-corrected chi connectivity index (χ1v) is 7.59. The molecular weight excluding hydrogens is 312 g/mol. The van der Waals surface area contributed by atoms with E-state index in [9.17, 15) is 5.11 Å². The standard InChI is InChI=1S/C14H13BrO2S/c15-11-5-7-18-14(11)13(16)10-3-4-12-9(8-10)2-1-6-17-12/h3-5,7-8,13,16H,1-2,6H2. The molecule has 1 aromatic heterocycles. The number of ether oxygens (including phenoxy) is 1. The number of aliphatic hydroxyl groups is 1. The Hall–Kier alpha value is -0.840. The van der Waals surface area contributed by atoms with Gasteiger partial charge in [0.25, 0.3) is 0 Å². The molecule has 0 radical (unpaired) electrons. The van der Waals surface area contributed by atoms with Crippen molar-refractivity contribution in [2.45, 2.75) is 18.9 Å². The predicted molar refractivity (Wildman–Crippen MR) is 76.3 cm³/mol. The molecule has 1 aliphatic rings. The van der Waals surface area contributed by atoms with Gasteiger partial charge in [0, 0.05) is 4.47 Å². The van der Waals surface area contributed by atoms with Crippen LogP contribution >= 0.6 is 27.3 Å². The number of hydrogen-bond acceptors (Lipinski definition) is 3. The fourth-order valence-electron chi connectivity index (χ4n) is 2.20. The Bertz CT molecular complexity index is 565. The zero-order valence-corrected chi connectivity index (χ0v) is 12.1. The molecule has 0 spiro atoms. The van der Waals surface area contributed by atoms with E-state index in [1.807, 2.05) is 23.6 Å². The van der Waals surface area contributed by atoms with E-state index < -0.39 is 6.10 Å². The average Bonchev–Trinajstić information content (AvgIpc) is 2.83. The fraction of sp³-hybridized carbons (Fsp3) is 0.286. The van der Waals surface area contributed by atoms with Gasteiger partial charge in [-0.3, -0.25) is 0 Å². The third kappa shape index (κ3) is 2.20. The zero-order chi connectivity index (χ0) is 12.5. The van der Waals surface area contributed by atoms with Crippen molar-refractivity contribution in [3.63, 3.8) is 0 Å². The largest absolute Gasteiger partial charge is 0.493 e. The average molecular weight is 325 g/mol. The topological polar surface area (TPSA) is 29.5 Å². The SMILES string of the molecule is OC(c1ccc2c(c1)CCCO2)c1sccc1Br. The molecule has 0 saturated carbocycles. The normalized spacial score (nSPS) is 15.9. The number of fused-ring (bicyclic) bond motifs is 1. The first kappa shape index (κ1) is 12.2. The molecule has 18 heavy (non-hydrogen) atoms. The maximum Gasteiger partial charge on any atom is 0.122 e. The Labute approximate surface area is 118 Å². The van der Waals surface area contributed by atoms with Crippen molar-refractivity contribution >= 4 is 27.3 Å². The highest BCUT2D eigenvalue weighted by Gasteiger charge is 2.18. The number of rotatable bonds is 2. The number of thiophene rings is 1. The molecule has 0 aliphatic carbocycles. The van der Waals surface area contributed by atoms with Crippen molar-refractivity contribution in [3.05, 3.63) is 50.1 Å². The summed E-state index contributed by atoms with van der Waals surface area (Å²) in [6.07, 6.45) is 1.52. The van der Waals surface area contributed by atoms with Crippen LogP contribution in [0.3, 0.4) is 0 Å². The minimum atomic E-state index is -0.563. The van der Waals surface area contributed by atoms with Crippen molar-refractivity contribution in [1.82, 2.24) is 0 Å². The van der Waals surface area contributed by atoms with E-state index in [1.165, 1.54) is 5.56 Å². The van der Waals surface area contributed by atoms with Crippen LogP contribution in [0.1, 0.15) is 28.5 Å². The zero-order valence-electron chi connectivity index (χ0n) is 9.73. The summed E-state index contributed by atoms with van der Waals surface area (Å²) in [5.41, 5.74) is 2.13. The lowest BCUT2D eigenvalue weighted by Gasteiger charge is -2.19. The van der Waals surface area contributed by atoms with Gasteiger partial charge in [-0.05, 0) is 63.5 Å². The van der Waals surface area contributed by atoms with Gasteiger partial charge >= 0.3 is 0 Å². The second-order valence-corrected chi connectivity index (χ2v) is 6.16. The molecule has 2 aromatic rings. The molecule has 4 heteroatoms. The lowest BCUT2D eigenvalue weighted by Crippen LogP contribution is -2.09. The summed E-state index contributed by atoms with van der Waals surface area (Å²) >= 11 is 5.03. The molecule has 0 bridgehead atoms. The summed E-state index contributed by atoms with van der Waals surface area (Å²) < 4.78 is 6.55. The number of aliphatic hydroxyl groups excluding tert-OH is 1. The minimum Gasteiger partial charge on any atom is -0.493 e. The second-order valence-electron chi connectivity index (χ2n) is 4.35. The van der Waals surface area contributed by atoms with Crippen LogP contribution in [0, 0.1) is 0 Å². The Morgan fingerprint density at radius 2 is 2.22 bits per heavy atom. The van der Waals surface area contributed by atoms with Crippen molar-refractivity contribution in [2.24, 2.45) is 0 Å². The molecule has 1 aromatic carbocycles. The summed E-state index contributed by atoms with van der Waals surface area (Å²) in [5, 5.41) is 12.4. The maximum absolute atomic E-state index is 10.4. The molecule has 1 atom stereocenters. The van der Waals surface area contributed by atoms with Crippen LogP contribution in [-0.2, 0) is 6.42 Å². The van der Waals surface area contributed by atoms with E-state index in [4.69, 9.17) is 4.74 Å². The summed E-state index contributed by atoms with van der Waals surface area (Å²) in [5.74, 6) is 0.961. The van der Waals surface area contributed by atoms with Gasteiger partial charge in [0.1, 0.15) is 11.9 Å². The molecule has 0 fully saturated rings. The molecule has 2 heterocycles. The van der Waals surface area contributed by atoms with E-state index in [2.05, 4.69) is 22.0 Å². The van der Waals surface area contributed by atoms with E-state index >= 15 is 0 Å². The molecule has 1 aliphatic heterocycles. The number of aryl methyl sites for hydroxylation is 1. The molecule has 0 saturated heterocycles. The lowest BCUT2D eigenvalue weighted by molar-refractivity contribution is 0.222. The number of halogens is 1. The third-order valence-electron chi connectivity index (χ3n) is 3.14. The van der Waals surface area contributed by atoms with E-state index in [0.717, 1.165) is 40.1 Å². The monoisotopic (exact) mass is 324 g/mol. The van der Waals surface area contributed by atoms with Crippen molar-refractivity contribution in [2.75, 3.05) is 6.61 Å². The van der Waals surface area contributed by atoms with Crippen LogP contribution in [0.5, 0.6) is 5.75 Å². The summed E-state index contributed by atoms with van der Waals surface area (Å²) in [4.78, 5) is 0.951. The molecule has 1 N–H and O–H groups in total. The molecule has 94 valence electrons. The summed E-state index contributed by atoms with van der Waals surface area (Å²) in [7, 11) is 0. The highest BCUT2D eigenvalue weighted by molar-refractivity contribution is 9.10. The summed E-state index contributed by atoms with van der Waals surface area (Å²) in [6, 6.07) is 7.94. The Morgan fingerprint density at radius 3 is 3.00 bits per heavy atom. The lowest BCUT2D eigenvalue weighted by atomic mass is 10.00. The van der Waals surface area contributed by atoms with Crippen LogP contribution in [0.4, 0.5) is 0 Å². The van der Waals surface area contributed by atoms with Crippen molar-refractivity contribution in [3.8, 4) is 5.75 Å². The smallest absolute Gasteiger partial charge is 0.122 e. The molecule has 3 rings (SSSR count). The Kier molecular flexibility index (Phi) is 3.41. The second kappa shape index (κ2) is 5.03. The molecule has 0 amide bonds. The van der Waals surface area contributed by atoms with Crippen LogP contribution in [0.15, 0.2) is 34.1 Å².